The topological polar surface area (TPSA) is 219 Å². The Morgan fingerprint density at radius 2 is 1.72 bits per heavy atom. The molecular weight excluding hydrogens is 694 g/mol. The second-order valence-corrected chi connectivity index (χ2v) is 13.5. The average molecular weight is 744 g/mol. The number of nitrogens with zero attached hydrogens (tertiary/aromatic N) is 7. The first-order chi connectivity index (χ1) is 26.2. The number of hydrogen-bond donors (Lipinski definition) is 5. The summed E-state index contributed by atoms with van der Waals surface area (Å²) < 4.78 is 13.0. The Bertz CT molecular complexity index is 1950. The molecule has 2 aromatic carbocycles. The number of phenols is 1. The largest absolute Gasteiger partial charge is 0.506 e. The molecule has 0 aliphatic carbocycles. The fourth-order valence-corrected chi connectivity index (χ4v) is 6.64. The van der Waals surface area contributed by atoms with Crippen molar-refractivity contribution in [3.8, 4) is 17.0 Å². The maximum absolute atomic E-state index is 13.0. The molecule has 54 heavy (non-hydrogen) atoms. The first kappa shape index (κ1) is 38.4. The van der Waals surface area contributed by atoms with Gasteiger partial charge in [-0.15, -0.1) is 0 Å². The number of nitrogens with one attached hydrogen (secondary N) is 2. The molecular formula is C37H49N11O6. The van der Waals surface area contributed by atoms with Crippen LogP contribution < -0.4 is 22.1 Å². The molecule has 4 aromatic rings. The molecule has 17 nitrogen and oxygen atoms in total. The first-order valence-corrected chi connectivity index (χ1v) is 18.2. The van der Waals surface area contributed by atoms with Gasteiger partial charge in [-0.2, -0.15) is 5.10 Å². The van der Waals surface area contributed by atoms with Gasteiger partial charge in [0, 0.05) is 51.4 Å². The van der Waals surface area contributed by atoms with E-state index in [1.165, 1.54) is 18.0 Å². The van der Waals surface area contributed by atoms with Crippen LogP contribution in [0.25, 0.3) is 22.3 Å². The zero-order valence-corrected chi connectivity index (χ0v) is 30.6. The zero-order valence-electron chi connectivity index (χ0n) is 30.6. The van der Waals surface area contributed by atoms with E-state index in [-0.39, 0.29) is 48.7 Å². The van der Waals surface area contributed by atoms with E-state index in [0.717, 1.165) is 30.6 Å². The molecule has 1 saturated heterocycles. The summed E-state index contributed by atoms with van der Waals surface area (Å²) in [6.07, 6.45) is 2.43. The van der Waals surface area contributed by atoms with Gasteiger partial charge >= 0.3 is 0 Å². The molecule has 2 aliphatic heterocycles. The quantitative estimate of drug-likeness (QED) is 0.0589. The van der Waals surface area contributed by atoms with E-state index in [1.54, 1.807) is 28.8 Å². The van der Waals surface area contributed by atoms with E-state index in [1.807, 2.05) is 15.9 Å². The second kappa shape index (κ2) is 18.1. The van der Waals surface area contributed by atoms with Crippen LogP contribution in [-0.2, 0) is 43.4 Å². The lowest BCUT2D eigenvalue weighted by atomic mass is 9.97. The molecule has 0 spiro atoms. The number of nitrogens with two attached hydrogens (primary N) is 2. The van der Waals surface area contributed by atoms with Crippen molar-refractivity contribution < 1.29 is 29.0 Å². The number of likely N-dealkylation sites (N-methyl/N-ethyl adjacent to an activating group) is 1. The van der Waals surface area contributed by atoms with Gasteiger partial charge in [-0.25, -0.2) is 14.6 Å². The van der Waals surface area contributed by atoms with E-state index in [2.05, 4.69) is 32.7 Å². The van der Waals surface area contributed by atoms with Crippen LogP contribution in [0, 0.1) is 0 Å². The number of carbonyl (C=O) groups excluding carboxylic acids is 3. The number of fused-ring (bicyclic) bond motifs is 2. The number of nitrogen functional groups attached to an aromatic ring is 2. The molecule has 0 unspecified atom stereocenters. The van der Waals surface area contributed by atoms with Crippen LogP contribution >= 0.6 is 0 Å². The normalized spacial score (nSPS) is 14.4. The van der Waals surface area contributed by atoms with Crippen molar-refractivity contribution in [3.63, 3.8) is 0 Å². The standard InChI is InChI=1S/C37H49N11O6/c1-45(23-33(52)46-12-8-40-9-13-46)22-31(50)41-10-15-54-17-16-53-14-7-32(51)47-11-6-26-18-25(2-3-28(26)21-47)20-48-37-34(36(39)42-24-43-37)35(44-48)27-4-5-30(49)29(38)19-27/h2-5,18-19,24,40,49H,6-17,20-23,38H2,1H3,(H,41,50)(H2,39,42,43). The predicted molar refractivity (Wildman–Crippen MR) is 202 cm³/mol. The summed E-state index contributed by atoms with van der Waals surface area (Å²) in [6, 6.07) is 11.1. The summed E-state index contributed by atoms with van der Waals surface area (Å²) in [5, 5.41) is 21.4. The number of anilines is 2. The number of hydrogen-bond acceptors (Lipinski definition) is 13. The molecule has 2 aliphatic rings. The van der Waals surface area contributed by atoms with Crippen molar-refractivity contribution in [1.29, 1.82) is 0 Å². The highest BCUT2D eigenvalue weighted by Crippen LogP contribution is 2.34. The molecule has 4 heterocycles. The highest BCUT2D eigenvalue weighted by Gasteiger charge is 2.23. The van der Waals surface area contributed by atoms with Crippen molar-refractivity contribution in [2.24, 2.45) is 0 Å². The van der Waals surface area contributed by atoms with Crippen molar-refractivity contribution in [2.75, 3.05) is 97.3 Å². The van der Waals surface area contributed by atoms with E-state index in [4.69, 9.17) is 26.0 Å². The number of piperazine rings is 1. The number of amides is 3. The minimum atomic E-state index is -0.165. The van der Waals surface area contributed by atoms with Crippen molar-refractivity contribution in [3.05, 3.63) is 59.4 Å². The number of carbonyl (C=O) groups is 3. The van der Waals surface area contributed by atoms with Crippen LogP contribution in [0.4, 0.5) is 11.5 Å². The molecule has 0 atom stereocenters. The molecule has 2 aromatic heterocycles. The summed E-state index contributed by atoms with van der Waals surface area (Å²) in [4.78, 5) is 51.6. The Kier molecular flexibility index (Phi) is 12.9. The molecule has 0 saturated carbocycles. The minimum Gasteiger partial charge on any atom is -0.506 e. The van der Waals surface area contributed by atoms with Gasteiger partial charge in [-0.3, -0.25) is 19.3 Å². The van der Waals surface area contributed by atoms with Gasteiger partial charge < -0.3 is 46.5 Å². The van der Waals surface area contributed by atoms with E-state index < -0.39 is 0 Å². The third kappa shape index (κ3) is 9.79. The lowest BCUT2D eigenvalue weighted by Gasteiger charge is -2.29. The summed E-state index contributed by atoms with van der Waals surface area (Å²) in [5.41, 5.74) is 17.6. The predicted octanol–water partition coefficient (Wildman–Crippen LogP) is 0.199. The van der Waals surface area contributed by atoms with E-state index in [0.29, 0.717) is 93.8 Å². The van der Waals surface area contributed by atoms with Crippen molar-refractivity contribution >= 4 is 40.3 Å². The zero-order chi connectivity index (χ0) is 38.0. The molecule has 6 rings (SSSR count). The average Bonchev–Trinajstić information content (AvgIpc) is 3.54. The smallest absolute Gasteiger partial charge is 0.236 e. The SMILES string of the molecule is CN(CC(=O)NCCOCCOCCC(=O)N1CCc2cc(Cn3nc(-c4ccc(O)c(N)c4)c4c(N)ncnc43)ccc2C1)CC(=O)N1CCNCC1. The van der Waals surface area contributed by atoms with Crippen LogP contribution in [0.2, 0.25) is 0 Å². The Balaban J connectivity index is 0.883. The fourth-order valence-electron chi connectivity index (χ4n) is 6.64. The van der Waals surface area contributed by atoms with Gasteiger partial charge in [0.2, 0.25) is 17.7 Å². The van der Waals surface area contributed by atoms with E-state index >= 15 is 0 Å². The second-order valence-electron chi connectivity index (χ2n) is 13.5. The molecule has 3 amide bonds. The van der Waals surface area contributed by atoms with Crippen LogP contribution in [-0.4, -0.2) is 143 Å². The highest BCUT2D eigenvalue weighted by molar-refractivity contribution is 5.98. The molecule has 0 radical (unpaired) electrons. The van der Waals surface area contributed by atoms with Gasteiger partial charge in [0.15, 0.2) is 5.65 Å². The van der Waals surface area contributed by atoms with Gasteiger partial charge in [0.25, 0.3) is 0 Å². The molecule has 0 bridgehead atoms. The molecule has 288 valence electrons. The monoisotopic (exact) mass is 743 g/mol. The number of aromatic hydroxyl groups is 1. The lowest BCUT2D eigenvalue weighted by Crippen LogP contribution is -2.50. The number of rotatable bonds is 16. The van der Waals surface area contributed by atoms with Gasteiger partial charge in [0.1, 0.15) is 23.6 Å². The summed E-state index contributed by atoms with van der Waals surface area (Å²) >= 11 is 0. The summed E-state index contributed by atoms with van der Waals surface area (Å²) in [7, 11) is 1.76. The summed E-state index contributed by atoms with van der Waals surface area (Å²) in [5.74, 6) is 0.198. The minimum absolute atomic E-state index is 0.00883. The van der Waals surface area contributed by atoms with Gasteiger partial charge in [-0.05, 0) is 48.4 Å². The number of phenolic OH excluding ortho intramolecular Hbond substituents is 1. The van der Waals surface area contributed by atoms with Crippen LogP contribution in [0.15, 0.2) is 42.7 Å². The number of ether oxygens (including phenoxy) is 2. The molecule has 1 fully saturated rings. The maximum atomic E-state index is 13.0. The number of benzene rings is 2. The Morgan fingerprint density at radius 1 is 0.926 bits per heavy atom. The Labute approximate surface area is 313 Å². The number of aromatic nitrogens is 4. The highest BCUT2D eigenvalue weighted by atomic mass is 16.5. The third-order valence-electron chi connectivity index (χ3n) is 9.52. The Morgan fingerprint density at radius 3 is 2.52 bits per heavy atom. The fraction of sp³-hybridized carbons (Fsp3) is 0.459. The van der Waals surface area contributed by atoms with Crippen molar-refractivity contribution in [2.45, 2.75) is 25.9 Å². The summed E-state index contributed by atoms with van der Waals surface area (Å²) in [6.45, 7) is 6.60. The maximum Gasteiger partial charge on any atom is 0.236 e. The van der Waals surface area contributed by atoms with E-state index in [9.17, 15) is 19.5 Å². The Hall–Kier alpha value is -5.36. The first-order valence-electron chi connectivity index (χ1n) is 18.2. The molecule has 7 N–H and O–H groups in total. The lowest BCUT2D eigenvalue weighted by molar-refractivity contribution is -0.134. The third-order valence-corrected chi connectivity index (χ3v) is 9.52. The van der Waals surface area contributed by atoms with Crippen LogP contribution in [0.5, 0.6) is 5.75 Å². The van der Waals surface area contributed by atoms with Gasteiger partial charge in [0.05, 0.1) is 63.6 Å². The van der Waals surface area contributed by atoms with Crippen molar-refractivity contribution in [1.82, 2.24) is 45.1 Å². The van der Waals surface area contributed by atoms with Crippen LogP contribution in [0.1, 0.15) is 23.1 Å². The molecule has 17 heteroatoms. The van der Waals surface area contributed by atoms with Gasteiger partial charge in [-0.1, -0.05) is 18.2 Å². The van der Waals surface area contributed by atoms with Crippen LogP contribution in [0.3, 0.4) is 0 Å².